The molecular formula is C29H37ClN6O3. The molecule has 3 aromatic rings. The molecule has 1 amide bonds. The SMILES string of the molecule is COC[C@H](C(=O)NC1COC1)c1cnc(NCC[C@H]2CC[C@H](Nc3ccc4ccc(C)c(Cl)c4n3)CC2)nc1. The lowest BCUT2D eigenvalue weighted by Gasteiger charge is -2.29. The number of aryl methyl sites for hydroxylation is 1. The molecule has 1 aromatic carbocycles. The van der Waals surface area contributed by atoms with Crippen molar-refractivity contribution in [3.05, 3.63) is 52.8 Å². The van der Waals surface area contributed by atoms with E-state index in [9.17, 15) is 4.79 Å². The van der Waals surface area contributed by atoms with Crippen molar-refractivity contribution in [3.63, 3.8) is 0 Å². The van der Waals surface area contributed by atoms with Crippen LogP contribution in [0.5, 0.6) is 0 Å². The Morgan fingerprint density at radius 1 is 1.10 bits per heavy atom. The fourth-order valence-corrected chi connectivity index (χ4v) is 5.46. The largest absolute Gasteiger partial charge is 0.384 e. The zero-order valence-electron chi connectivity index (χ0n) is 22.6. The van der Waals surface area contributed by atoms with Gasteiger partial charge >= 0.3 is 0 Å². The van der Waals surface area contributed by atoms with E-state index in [4.69, 9.17) is 26.1 Å². The summed E-state index contributed by atoms with van der Waals surface area (Å²) in [5.41, 5.74) is 2.64. The molecule has 2 aliphatic rings. The normalized spacial score (nSPS) is 20.3. The zero-order chi connectivity index (χ0) is 27.2. The number of methoxy groups -OCH3 is 1. The van der Waals surface area contributed by atoms with Gasteiger partial charge in [-0.05, 0) is 62.6 Å². The highest BCUT2D eigenvalue weighted by Gasteiger charge is 2.27. The molecule has 0 bridgehead atoms. The third-order valence-electron chi connectivity index (χ3n) is 7.74. The van der Waals surface area contributed by atoms with Gasteiger partial charge in [-0.1, -0.05) is 23.7 Å². The van der Waals surface area contributed by atoms with Crippen molar-refractivity contribution in [1.82, 2.24) is 20.3 Å². The van der Waals surface area contributed by atoms with E-state index in [1.807, 2.05) is 19.1 Å². The Morgan fingerprint density at radius 2 is 1.85 bits per heavy atom. The number of carbonyl (C=O) groups is 1. The molecule has 1 aliphatic heterocycles. The third-order valence-corrected chi connectivity index (χ3v) is 8.21. The summed E-state index contributed by atoms with van der Waals surface area (Å²) in [6, 6.07) is 8.72. The van der Waals surface area contributed by atoms with Gasteiger partial charge in [0, 0.05) is 43.0 Å². The quantitative estimate of drug-likeness (QED) is 0.314. The number of amides is 1. The molecule has 0 radical (unpaired) electrons. The molecule has 2 aromatic heterocycles. The first-order valence-corrected chi connectivity index (χ1v) is 14.1. The first-order valence-electron chi connectivity index (χ1n) is 13.8. The number of aromatic nitrogens is 3. The summed E-state index contributed by atoms with van der Waals surface area (Å²) in [5, 5.41) is 11.7. The van der Waals surface area contributed by atoms with Crippen molar-refractivity contribution in [1.29, 1.82) is 0 Å². The van der Waals surface area contributed by atoms with E-state index < -0.39 is 5.92 Å². The number of carbonyl (C=O) groups excluding carboxylic acids is 1. The Labute approximate surface area is 234 Å². The lowest BCUT2D eigenvalue weighted by atomic mass is 9.84. The molecular weight excluding hydrogens is 516 g/mol. The van der Waals surface area contributed by atoms with E-state index in [0.29, 0.717) is 31.1 Å². The van der Waals surface area contributed by atoms with Crippen LogP contribution in [0.4, 0.5) is 11.8 Å². The maximum Gasteiger partial charge on any atom is 0.230 e. The maximum absolute atomic E-state index is 12.6. The van der Waals surface area contributed by atoms with Gasteiger partial charge < -0.3 is 25.4 Å². The number of nitrogens with one attached hydrogen (secondary N) is 3. The summed E-state index contributed by atoms with van der Waals surface area (Å²) < 4.78 is 10.4. The Bertz CT molecular complexity index is 1260. The molecule has 9 nitrogen and oxygen atoms in total. The molecule has 3 heterocycles. The number of benzene rings is 1. The van der Waals surface area contributed by atoms with Gasteiger partial charge in [0.25, 0.3) is 0 Å². The van der Waals surface area contributed by atoms with Crippen molar-refractivity contribution >= 4 is 40.2 Å². The van der Waals surface area contributed by atoms with Crippen LogP contribution in [0.1, 0.15) is 49.1 Å². The number of rotatable bonds is 11. The van der Waals surface area contributed by atoms with E-state index in [-0.39, 0.29) is 18.6 Å². The van der Waals surface area contributed by atoms with E-state index >= 15 is 0 Å². The fraction of sp³-hybridized carbons (Fsp3) is 0.517. The van der Waals surface area contributed by atoms with Gasteiger partial charge in [-0.2, -0.15) is 0 Å². The Kier molecular flexibility index (Phi) is 9.11. The van der Waals surface area contributed by atoms with Crippen LogP contribution in [0.15, 0.2) is 36.7 Å². The topological polar surface area (TPSA) is 110 Å². The molecule has 0 unspecified atom stereocenters. The van der Waals surface area contributed by atoms with Crippen LogP contribution in [0.3, 0.4) is 0 Å². The molecule has 1 aliphatic carbocycles. The summed E-state index contributed by atoms with van der Waals surface area (Å²) in [5.74, 6) is 1.60. The number of pyridine rings is 1. The van der Waals surface area contributed by atoms with Crippen molar-refractivity contribution in [2.45, 2.75) is 57.0 Å². The lowest BCUT2D eigenvalue weighted by Crippen LogP contribution is -2.50. The fourth-order valence-electron chi connectivity index (χ4n) is 5.25. The summed E-state index contributed by atoms with van der Waals surface area (Å²) in [6.45, 7) is 4.21. The Balaban J connectivity index is 1.05. The monoisotopic (exact) mass is 552 g/mol. The van der Waals surface area contributed by atoms with Crippen LogP contribution in [-0.4, -0.2) is 66.4 Å². The van der Waals surface area contributed by atoms with Gasteiger partial charge in [0.15, 0.2) is 0 Å². The standard InChI is InChI=1S/C29H37ClN6O3/c1-18-3-6-20-7-10-25(36-27(20)26(18)30)34-22-8-4-19(5-9-22)11-12-31-29-32-13-21(14-33-29)24(17-38-2)28(37)35-23-15-39-16-23/h3,6-7,10,13-14,19,22-24H,4-5,8-9,11-12,15-17H2,1-2H3,(H,34,36)(H,35,37)(H,31,32,33)/t19-,22-,24-/m0/s1. The molecule has 1 saturated carbocycles. The molecule has 1 atom stereocenters. The number of fused-ring (bicyclic) bond motifs is 1. The summed E-state index contributed by atoms with van der Waals surface area (Å²) in [6.07, 6.45) is 9.07. The molecule has 208 valence electrons. The Hall–Kier alpha value is -3.01. The smallest absolute Gasteiger partial charge is 0.230 e. The van der Waals surface area contributed by atoms with Crippen LogP contribution in [0, 0.1) is 12.8 Å². The molecule has 3 N–H and O–H groups in total. The van der Waals surface area contributed by atoms with Crippen LogP contribution < -0.4 is 16.0 Å². The van der Waals surface area contributed by atoms with Crippen LogP contribution in [0.2, 0.25) is 5.02 Å². The van der Waals surface area contributed by atoms with Gasteiger partial charge in [-0.25, -0.2) is 15.0 Å². The second-order valence-electron chi connectivity index (χ2n) is 10.6. The van der Waals surface area contributed by atoms with Crippen LogP contribution in [0.25, 0.3) is 10.9 Å². The van der Waals surface area contributed by atoms with Gasteiger partial charge in [-0.3, -0.25) is 4.79 Å². The minimum absolute atomic E-state index is 0.0725. The molecule has 5 rings (SSSR count). The summed E-state index contributed by atoms with van der Waals surface area (Å²) in [7, 11) is 1.59. The second-order valence-corrected chi connectivity index (χ2v) is 11.0. The van der Waals surface area contributed by atoms with E-state index in [1.165, 1.54) is 12.8 Å². The number of ether oxygens (including phenoxy) is 2. The van der Waals surface area contributed by atoms with Crippen molar-refractivity contribution in [2.75, 3.05) is 44.1 Å². The first-order chi connectivity index (χ1) is 19.0. The predicted octanol–water partition coefficient (Wildman–Crippen LogP) is 4.70. The van der Waals surface area contributed by atoms with Crippen LogP contribution in [-0.2, 0) is 14.3 Å². The number of anilines is 2. The average Bonchev–Trinajstić information content (AvgIpc) is 2.93. The number of hydrogen-bond acceptors (Lipinski definition) is 8. The highest BCUT2D eigenvalue weighted by Crippen LogP contribution is 2.30. The van der Waals surface area contributed by atoms with Crippen molar-refractivity contribution < 1.29 is 14.3 Å². The molecule has 10 heteroatoms. The highest BCUT2D eigenvalue weighted by atomic mass is 35.5. The zero-order valence-corrected chi connectivity index (χ0v) is 23.3. The van der Waals surface area contributed by atoms with Gasteiger partial charge in [0.2, 0.25) is 11.9 Å². The Morgan fingerprint density at radius 3 is 2.54 bits per heavy atom. The number of hydrogen-bond donors (Lipinski definition) is 3. The van der Waals surface area contributed by atoms with Crippen molar-refractivity contribution in [3.8, 4) is 0 Å². The van der Waals surface area contributed by atoms with E-state index in [1.54, 1.807) is 19.5 Å². The third kappa shape index (κ3) is 6.96. The second kappa shape index (κ2) is 12.9. The molecule has 0 spiro atoms. The molecule has 2 fully saturated rings. The predicted molar refractivity (Wildman–Crippen MR) is 153 cm³/mol. The minimum atomic E-state index is -0.445. The summed E-state index contributed by atoms with van der Waals surface area (Å²) in [4.78, 5) is 26.3. The van der Waals surface area contributed by atoms with Gasteiger partial charge in [0.05, 0.1) is 42.3 Å². The maximum atomic E-state index is 12.6. The number of halogens is 1. The van der Waals surface area contributed by atoms with Gasteiger partial charge in [0.1, 0.15) is 5.82 Å². The highest BCUT2D eigenvalue weighted by molar-refractivity contribution is 6.35. The molecule has 39 heavy (non-hydrogen) atoms. The first kappa shape index (κ1) is 27.6. The van der Waals surface area contributed by atoms with E-state index in [2.05, 4.69) is 38.1 Å². The lowest BCUT2D eigenvalue weighted by molar-refractivity contribution is -0.127. The molecule has 1 saturated heterocycles. The average molecular weight is 553 g/mol. The van der Waals surface area contributed by atoms with Gasteiger partial charge in [-0.15, -0.1) is 0 Å². The number of nitrogens with zero attached hydrogens (tertiary/aromatic N) is 3. The van der Waals surface area contributed by atoms with Crippen LogP contribution >= 0.6 is 11.6 Å². The van der Waals surface area contributed by atoms with E-state index in [0.717, 1.165) is 58.7 Å². The minimum Gasteiger partial charge on any atom is -0.384 e. The summed E-state index contributed by atoms with van der Waals surface area (Å²) >= 11 is 6.49. The van der Waals surface area contributed by atoms with Crippen molar-refractivity contribution in [2.24, 2.45) is 5.92 Å².